The van der Waals surface area contributed by atoms with Gasteiger partial charge in [0, 0.05) is 12.2 Å². The quantitative estimate of drug-likeness (QED) is 0.606. The van der Waals surface area contributed by atoms with Crippen LogP contribution in [0.5, 0.6) is 0 Å². The van der Waals surface area contributed by atoms with Crippen LogP contribution in [0.1, 0.15) is 6.42 Å². The van der Waals surface area contributed by atoms with Gasteiger partial charge in [-0.15, -0.1) is 12.4 Å². The third-order valence-electron chi connectivity index (χ3n) is 3.48. The van der Waals surface area contributed by atoms with E-state index in [2.05, 4.69) is 20.1 Å². The summed E-state index contributed by atoms with van der Waals surface area (Å²) in [5, 5.41) is 5.81. The maximum atomic E-state index is 12.1. The summed E-state index contributed by atoms with van der Waals surface area (Å²) in [6.07, 6.45) is 0.754. The van der Waals surface area contributed by atoms with E-state index in [1.54, 1.807) is 6.07 Å². The fourth-order valence-corrected chi connectivity index (χ4v) is 3.19. The molecular formula is C14H20ClN3O5S. The molecular weight excluding hydrogens is 358 g/mol. The Morgan fingerprint density at radius 3 is 2.75 bits per heavy atom. The van der Waals surface area contributed by atoms with E-state index >= 15 is 0 Å². The highest BCUT2D eigenvalue weighted by atomic mass is 35.5. The molecule has 1 unspecified atom stereocenters. The second-order valence-electron chi connectivity index (χ2n) is 5.11. The number of rotatable bonds is 6. The molecule has 0 saturated carbocycles. The second kappa shape index (κ2) is 8.97. The van der Waals surface area contributed by atoms with E-state index in [0.717, 1.165) is 13.0 Å². The van der Waals surface area contributed by atoms with E-state index in [9.17, 15) is 18.0 Å². The summed E-state index contributed by atoms with van der Waals surface area (Å²) in [7, 11) is -2.69. The Labute approximate surface area is 146 Å². The number of esters is 1. The lowest BCUT2D eigenvalue weighted by Gasteiger charge is -2.11. The number of halogens is 1. The summed E-state index contributed by atoms with van der Waals surface area (Å²) in [6, 6.07) is 5.86. The van der Waals surface area contributed by atoms with E-state index in [1.165, 1.54) is 25.3 Å². The lowest BCUT2D eigenvalue weighted by molar-refractivity contribution is -0.139. The first kappa shape index (κ1) is 20.4. The first-order chi connectivity index (χ1) is 10.9. The Kier molecular flexibility index (Phi) is 7.61. The Morgan fingerprint density at radius 2 is 2.12 bits per heavy atom. The molecule has 1 amide bonds. The predicted octanol–water partition coefficient (Wildman–Crippen LogP) is 0.108. The first-order valence-electron chi connectivity index (χ1n) is 7.10. The Hall–Kier alpha value is -1.68. The summed E-state index contributed by atoms with van der Waals surface area (Å²) >= 11 is 0. The van der Waals surface area contributed by atoms with Gasteiger partial charge in [0.15, 0.2) is 0 Å². The van der Waals surface area contributed by atoms with E-state index in [0.29, 0.717) is 12.2 Å². The lowest BCUT2D eigenvalue weighted by Crippen LogP contribution is -2.30. The van der Waals surface area contributed by atoms with Crippen LogP contribution in [-0.2, 0) is 24.3 Å². The fraction of sp³-hybridized carbons (Fsp3) is 0.429. The number of ether oxygens (including phenoxy) is 1. The van der Waals surface area contributed by atoms with Crippen LogP contribution in [0.3, 0.4) is 0 Å². The molecule has 1 heterocycles. The van der Waals surface area contributed by atoms with E-state index < -0.39 is 22.5 Å². The summed E-state index contributed by atoms with van der Waals surface area (Å²) in [4.78, 5) is 23.1. The standard InChI is InChI=1S/C14H19N3O5S.ClH/c1-22-13(18)9-16-23(20,21)12-4-2-3-11(7-12)17-14(19)10-5-6-15-8-10;/h2-4,7,10,15-16H,5-6,8-9H2,1H3,(H,17,19);1H. The molecule has 2 rings (SSSR count). The van der Waals surface area contributed by atoms with Crippen LogP contribution >= 0.6 is 12.4 Å². The number of benzene rings is 1. The van der Waals surface area contributed by atoms with Crippen molar-refractivity contribution >= 4 is 40.0 Å². The molecule has 1 saturated heterocycles. The smallest absolute Gasteiger partial charge is 0.320 e. The van der Waals surface area contributed by atoms with Crippen molar-refractivity contribution in [3.8, 4) is 0 Å². The molecule has 0 aliphatic carbocycles. The molecule has 1 atom stereocenters. The summed E-state index contributed by atoms with van der Waals surface area (Å²) in [6.45, 7) is 0.956. The molecule has 0 radical (unpaired) electrons. The van der Waals surface area contributed by atoms with Crippen molar-refractivity contribution in [3.05, 3.63) is 24.3 Å². The van der Waals surface area contributed by atoms with Crippen LogP contribution in [0.25, 0.3) is 0 Å². The number of amides is 1. The van der Waals surface area contributed by atoms with Crippen LogP contribution in [-0.4, -0.2) is 47.0 Å². The molecule has 10 heteroatoms. The van der Waals surface area contributed by atoms with E-state index in [4.69, 9.17) is 0 Å². The topological polar surface area (TPSA) is 114 Å². The average molecular weight is 378 g/mol. The maximum Gasteiger partial charge on any atom is 0.320 e. The Balaban J connectivity index is 0.00000288. The summed E-state index contributed by atoms with van der Waals surface area (Å²) in [5.41, 5.74) is 0.392. The van der Waals surface area contributed by atoms with Gasteiger partial charge in [-0.3, -0.25) is 9.59 Å². The number of sulfonamides is 1. The molecule has 0 bridgehead atoms. The predicted molar refractivity (Wildman–Crippen MR) is 90.5 cm³/mol. The van der Waals surface area contributed by atoms with Crippen LogP contribution in [0.2, 0.25) is 0 Å². The number of carbonyl (C=O) groups excluding carboxylic acids is 2. The molecule has 1 aliphatic rings. The highest BCUT2D eigenvalue weighted by Crippen LogP contribution is 2.17. The first-order valence-corrected chi connectivity index (χ1v) is 8.59. The number of nitrogens with one attached hydrogen (secondary N) is 3. The lowest BCUT2D eigenvalue weighted by atomic mass is 10.1. The van der Waals surface area contributed by atoms with Gasteiger partial charge in [-0.2, -0.15) is 4.72 Å². The number of hydrogen-bond donors (Lipinski definition) is 3. The molecule has 134 valence electrons. The second-order valence-corrected chi connectivity index (χ2v) is 6.87. The minimum Gasteiger partial charge on any atom is -0.468 e. The third kappa shape index (κ3) is 5.45. The molecule has 0 spiro atoms. The van der Waals surface area contributed by atoms with Gasteiger partial charge in [0.1, 0.15) is 6.54 Å². The fourth-order valence-electron chi connectivity index (χ4n) is 2.17. The van der Waals surface area contributed by atoms with Crippen LogP contribution in [0.4, 0.5) is 5.69 Å². The Morgan fingerprint density at radius 1 is 1.38 bits per heavy atom. The zero-order chi connectivity index (χ0) is 16.9. The maximum absolute atomic E-state index is 12.1. The average Bonchev–Trinajstić information content (AvgIpc) is 3.07. The molecule has 8 nitrogen and oxygen atoms in total. The van der Waals surface area contributed by atoms with Crippen molar-refractivity contribution in [1.29, 1.82) is 0 Å². The molecule has 1 fully saturated rings. The largest absolute Gasteiger partial charge is 0.468 e. The molecule has 1 aliphatic heterocycles. The van der Waals surface area contributed by atoms with Crippen molar-refractivity contribution in [3.63, 3.8) is 0 Å². The molecule has 24 heavy (non-hydrogen) atoms. The molecule has 3 N–H and O–H groups in total. The normalized spacial score (nSPS) is 17.0. The minimum absolute atomic E-state index is 0. The van der Waals surface area contributed by atoms with Crippen molar-refractivity contribution in [2.75, 3.05) is 32.1 Å². The van der Waals surface area contributed by atoms with Crippen LogP contribution in [0, 0.1) is 5.92 Å². The van der Waals surface area contributed by atoms with Gasteiger partial charge >= 0.3 is 5.97 Å². The number of carbonyl (C=O) groups is 2. The minimum atomic E-state index is -3.86. The van der Waals surface area contributed by atoms with E-state index in [-0.39, 0.29) is 29.1 Å². The van der Waals surface area contributed by atoms with Crippen LogP contribution in [0.15, 0.2) is 29.2 Å². The monoisotopic (exact) mass is 377 g/mol. The van der Waals surface area contributed by atoms with Gasteiger partial charge in [-0.05, 0) is 31.2 Å². The molecule has 1 aromatic rings. The van der Waals surface area contributed by atoms with Gasteiger partial charge in [0.25, 0.3) is 0 Å². The van der Waals surface area contributed by atoms with Crippen molar-refractivity contribution in [2.45, 2.75) is 11.3 Å². The highest BCUT2D eigenvalue weighted by Gasteiger charge is 2.23. The number of anilines is 1. The summed E-state index contributed by atoms with van der Waals surface area (Å²) < 4.78 is 30.7. The zero-order valence-electron chi connectivity index (χ0n) is 13.1. The van der Waals surface area contributed by atoms with Crippen molar-refractivity contribution in [2.24, 2.45) is 5.92 Å². The van der Waals surface area contributed by atoms with Gasteiger partial charge in [-0.1, -0.05) is 6.07 Å². The van der Waals surface area contributed by atoms with Crippen molar-refractivity contribution < 1.29 is 22.7 Å². The number of methoxy groups -OCH3 is 1. The van der Waals surface area contributed by atoms with Gasteiger partial charge in [-0.25, -0.2) is 8.42 Å². The van der Waals surface area contributed by atoms with Gasteiger partial charge in [0.2, 0.25) is 15.9 Å². The van der Waals surface area contributed by atoms with Crippen molar-refractivity contribution in [1.82, 2.24) is 10.0 Å². The van der Waals surface area contributed by atoms with Gasteiger partial charge < -0.3 is 15.4 Å². The van der Waals surface area contributed by atoms with E-state index in [1.807, 2.05) is 0 Å². The third-order valence-corrected chi connectivity index (χ3v) is 4.88. The highest BCUT2D eigenvalue weighted by molar-refractivity contribution is 7.89. The number of hydrogen-bond acceptors (Lipinski definition) is 6. The Bertz CT molecular complexity index is 689. The molecule has 1 aromatic carbocycles. The zero-order valence-corrected chi connectivity index (χ0v) is 14.7. The van der Waals surface area contributed by atoms with Crippen LogP contribution < -0.4 is 15.4 Å². The SMILES string of the molecule is COC(=O)CNS(=O)(=O)c1cccc(NC(=O)C2CCNC2)c1.Cl. The molecule has 0 aromatic heterocycles. The summed E-state index contributed by atoms with van der Waals surface area (Å²) in [5.74, 6) is -0.952. The van der Waals surface area contributed by atoms with Gasteiger partial charge in [0.05, 0.1) is 17.9 Å².